The standard InChI is InChI=1S/C22H34O5/c1-3-5-6-7-8-13-24-14-15-25-16-17-26-18-19-27-22(23)21-11-9-20(4-2)10-12-21/h4,9-12H,2-3,5-8,13-19H2,1H3. The van der Waals surface area contributed by atoms with Gasteiger partial charge in [-0.3, -0.25) is 0 Å². The molecule has 5 heteroatoms. The molecule has 0 unspecified atom stereocenters. The third kappa shape index (κ3) is 12.3. The van der Waals surface area contributed by atoms with Crippen molar-refractivity contribution in [3.63, 3.8) is 0 Å². The lowest BCUT2D eigenvalue weighted by molar-refractivity contribution is 0.000186. The Morgan fingerprint density at radius 2 is 1.37 bits per heavy atom. The van der Waals surface area contributed by atoms with E-state index >= 15 is 0 Å². The van der Waals surface area contributed by atoms with Crippen LogP contribution in [0.15, 0.2) is 30.8 Å². The molecule has 152 valence electrons. The molecule has 0 saturated carbocycles. The molecular weight excluding hydrogens is 344 g/mol. The van der Waals surface area contributed by atoms with E-state index in [2.05, 4.69) is 13.5 Å². The lowest BCUT2D eigenvalue weighted by Crippen LogP contribution is -2.14. The summed E-state index contributed by atoms with van der Waals surface area (Å²) in [6.45, 7) is 9.47. The lowest BCUT2D eigenvalue weighted by Gasteiger charge is -2.08. The number of benzene rings is 1. The number of hydrogen-bond donors (Lipinski definition) is 0. The summed E-state index contributed by atoms with van der Waals surface area (Å²) in [5.41, 5.74) is 1.49. The first kappa shape index (κ1) is 23.3. The van der Waals surface area contributed by atoms with Gasteiger partial charge in [-0.05, 0) is 24.1 Å². The molecule has 1 rings (SSSR count). The molecule has 0 aliphatic carbocycles. The first-order chi connectivity index (χ1) is 13.3. The van der Waals surface area contributed by atoms with Crippen LogP contribution in [0.5, 0.6) is 0 Å². The van der Waals surface area contributed by atoms with Crippen LogP contribution in [0.2, 0.25) is 0 Å². The Balaban J connectivity index is 1.86. The maximum Gasteiger partial charge on any atom is 0.338 e. The van der Waals surface area contributed by atoms with E-state index in [1.165, 1.54) is 25.7 Å². The highest BCUT2D eigenvalue weighted by molar-refractivity contribution is 5.89. The van der Waals surface area contributed by atoms with E-state index < -0.39 is 0 Å². The third-order valence-corrected chi connectivity index (χ3v) is 3.98. The van der Waals surface area contributed by atoms with E-state index in [9.17, 15) is 4.79 Å². The van der Waals surface area contributed by atoms with Crippen LogP contribution in [0, 0.1) is 0 Å². The Bertz CT molecular complexity index is 498. The first-order valence-corrected chi connectivity index (χ1v) is 9.90. The van der Waals surface area contributed by atoms with Gasteiger partial charge in [0.15, 0.2) is 0 Å². The fraction of sp³-hybridized carbons (Fsp3) is 0.591. The Morgan fingerprint density at radius 3 is 1.96 bits per heavy atom. The molecule has 0 bridgehead atoms. The van der Waals surface area contributed by atoms with Crippen LogP contribution in [0.1, 0.15) is 54.9 Å². The maximum absolute atomic E-state index is 11.8. The van der Waals surface area contributed by atoms with Crippen LogP contribution in [0.4, 0.5) is 0 Å². The number of carbonyl (C=O) groups excluding carboxylic acids is 1. The van der Waals surface area contributed by atoms with Crippen LogP contribution in [-0.2, 0) is 18.9 Å². The van der Waals surface area contributed by atoms with Gasteiger partial charge in [-0.25, -0.2) is 4.79 Å². The quantitative estimate of drug-likeness (QED) is 0.295. The summed E-state index contributed by atoms with van der Waals surface area (Å²) in [6, 6.07) is 7.10. The van der Waals surface area contributed by atoms with Crippen molar-refractivity contribution in [1.29, 1.82) is 0 Å². The molecule has 0 aromatic heterocycles. The van der Waals surface area contributed by atoms with Crippen molar-refractivity contribution < 1.29 is 23.7 Å². The highest BCUT2D eigenvalue weighted by atomic mass is 16.6. The molecule has 0 amide bonds. The van der Waals surface area contributed by atoms with Gasteiger partial charge < -0.3 is 18.9 Å². The minimum atomic E-state index is -0.350. The average Bonchev–Trinajstić information content (AvgIpc) is 2.70. The zero-order valence-corrected chi connectivity index (χ0v) is 16.6. The molecule has 0 spiro atoms. The topological polar surface area (TPSA) is 54.0 Å². The van der Waals surface area contributed by atoms with Crippen molar-refractivity contribution in [3.8, 4) is 0 Å². The maximum atomic E-state index is 11.8. The third-order valence-electron chi connectivity index (χ3n) is 3.98. The molecule has 0 N–H and O–H groups in total. The minimum absolute atomic E-state index is 0.225. The monoisotopic (exact) mass is 378 g/mol. The highest BCUT2D eigenvalue weighted by Gasteiger charge is 2.06. The molecule has 27 heavy (non-hydrogen) atoms. The predicted molar refractivity (Wildman–Crippen MR) is 108 cm³/mol. The fourth-order valence-corrected chi connectivity index (χ4v) is 2.38. The number of ether oxygens (including phenoxy) is 4. The van der Waals surface area contributed by atoms with Crippen LogP contribution in [0.3, 0.4) is 0 Å². The van der Waals surface area contributed by atoms with Gasteiger partial charge >= 0.3 is 5.97 Å². The van der Waals surface area contributed by atoms with E-state index in [4.69, 9.17) is 18.9 Å². The van der Waals surface area contributed by atoms with Crippen LogP contribution in [0.25, 0.3) is 6.08 Å². The second-order valence-electron chi connectivity index (χ2n) is 6.21. The summed E-state index contributed by atoms with van der Waals surface area (Å²) in [5.74, 6) is -0.350. The summed E-state index contributed by atoms with van der Waals surface area (Å²) >= 11 is 0. The summed E-state index contributed by atoms with van der Waals surface area (Å²) in [7, 11) is 0. The van der Waals surface area contributed by atoms with Gasteiger partial charge in [0.25, 0.3) is 0 Å². The Kier molecular flexibility index (Phi) is 14.3. The van der Waals surface area contributed by atoms with E-state index in [1.807, 2.05) is 12.1 Å². The van der Waals surface area contributed by atoms with Gasteiger partial charge in [-0.15, -0.1) is 0 Å². The summed E-state index contributed by atoms with van der Waals surface area (Å²) < 4.78 is 21.5. The minimum Gasteiger partial charge on any atom is -0.460 e. The van der Waals surface area contributed by atoms with Crippen molar-refractivity contribution >= 4 is 12.0 Å². The van der Waals surface area contributed by atoms with Gasteiger partial charge in [0.1, 0.15) is 6.61 Å². The van der Waals surface area contributed by atoms with Gasteiger partial charge in [-0.1, -0.05) is 57.4 Å². The Labute approximate surface area is 163 Å². The summed E-state index contributed by atoms with van der Waals surface area (Å²) in [6.07, 6.45) is 7.97. The van der Waals surface area contributed by atoms with Crippen molar-refractivity contribution in [2.24, 2.45) is 0 Å². The number of esters is 1. The molecule has 0 aliphatic heterocycles. The predicted octanol–water partition coefficient (Wildman–Crippen LogP) is 4.51. The number of hydrogen-bond acceptors (Lipinski definition) is 5. The Morgan fingerprint density at radius 1 is 0.815 bits per heavy atom. The zero-order chi connectivity index (χ0) is 19.6. The summed E-state index contributed by atoms with van der Waals surface area (Å²) in [5, 5.41) is 0. The van der Waals surface area contributed by atoms with E-state index in [1.54, 1.807) is 18.2 Å². The van der Waals surface area contributed by atoms with E-state index in [-0.39, 0.29) is 12.6 Å². The Hall–Kier alpha value is -1.69. The van der Waals surface area contributed by atoms with E-state index in [0.29, 0.717) is 38.6 Å². The molecule has 0 saturated heterocycles. The first-order valence-electron chi connectivity index (χ1n) is 9.90. The van der Waals surface area contributed by atoms with Crippen LogP contribution >= 0.6 is 0 Å². The SMILES string of the molecule is C=Cc1ccc(C(=O)OCCOCCOCCOCCCCCCC)cc1. The van der Waals surface area contributed by atoms with Crippen molar-refractivity contribution in [2.45, 2.75) is 39.0 Å². The van der Waals surface area contributed by atoms with Gasteiger partial charge in [0.05, 0.1) is 38.6 Å². The fourth-order valence-electron chi connectivity index (χ4n) is 2.38. The number of unbranched alkanes of at least 4 members (excludes halogenated alkanes) is 4. The molecular formula is C22H34O5. The van der Waals surface area contributed by atoms with Crippen LogP contribution < -0.4 is 0 Å². The van der Waals surface area contributed by atoms with Crippen LogP contribution in [-0.4, -0.2) is 52.2 Å². The largest absolute Gasteiger partial charge is 0.460 e. The molecule has 0 radical (unpaired) electrons. The normalized spacial score (nSPS) is 10.7. The zero-order valence-electron chi connectivity index (χ0n) is 16.6. The van der Waals surface area contributed by atoms with Gasteiger partial charge in [0.2, 0.25) is 0 Å². The molecule has 0 aliphatic rings. The van der Waals surface area contributed by atoms with Crippen molar-refractivity contribution in [3.05, 3.63) is 42.0 Å². The van der Waals surface area contributed by atoms with Gasteiger partial charge in [-0.2, -0.15) is 0 Å². The lowest BCUT2D eigenvalue weighted by atomic mass is 10.1. The number of rotatable bonds is 17. The molecule has 0 heterocycles. The average molecular weight is 379 g/mol. The molecule has 0 atom stereocenters. The molecule has 5 nitrogen and oxygen atoms in total. The number of carbonyl (C=O) groups is 1. The van der Waals surface area contributed by atoms with E-state index in [0.717, 1.165) is 18.6 Å². The molecule has 1 aromatic carbocycles. The van der Waals surface area contributed by atoms with Gasteiger partial charge in [0, 0.05) is 6.61 Å². The molecule has 0 fully saturated rings. The smallest absolute Gasteiger partial charge is 0.338 e. The van der Waals surface area contributed by atoms with Crippen molar-refractivity contribution in [2.75, 3.05) is 46.2 Å². The summed E-state index contributed by atoms with van der Waals surface area (Å²) in [4.78, 5) is 11.8. The second kappa shape index (κ2) is 16.5. The highest BCUT2D eigenvalue weighted by Crippen LogP contribution is 2.06. The van der Waals surface area contributed by atoms with Crippen molar-refractivity contribution in [1.82, 2.24) is 0 Å². The second-order valence-corrected chi connectivity index (χ2v) is 6.21. The molecule has 1 aromatic rings.